The summed E-state index contributed by atoms with van der Waals surface area (Å²) in [6, 6.07) is 4.83. The highest BCUT2D eigenvalue weighted by molar-refractivity contribution is 5.00. The summed E-state index contributed by atoms with van der Waals surface area (Å²) in [6.07, 6.45) is 7.81. The Kier molecular flexibility index (Phi) is 4.63. The molecule has 0 aliphatic heterocycles. The lowest BCUT2D eigenvalue weighted by atomic mass is 9.85. The molecule has 1 aromatic heterocycles. The first-order valence-electron chi connectivity index (χ1n) is 6.77. The normalized spacial score (nSPS) is 26.9. The van der Waals surface area contributed by atoms with E-state index in [9.17, 15) is 0 Å². The van der Waals surface area contributed by atoms with E-state index < -0.39 is 0 Å². The molecule has 0 saturated heterocycles. The zero-order valence-corrected chi connectivity index (χ0v) is 10.7. The zero-order valence-electron chi connectivity index (χ0n) is 10.7. The van der Waals surface area contributed by atoms with Gasteiger partial charge in [0.1, 0.15) is 5.76 Å². The molecule has 1 fully saturated rings. The fraction of sp³-hybridized carbons (Fsp3) is 0.714. The summed E-state index contributed by atoms with van der Waals surface area (Å²) < 4.78 is 5.35. The highest BCUT2D eigenvalue weighted by Crippen LogP contribution is 2.22. The first kappa shape index (κ1) is 12.7. The summed E-state index contributed by atoms with van der Waals surface area (Å²) in [4.78, 5) is 0. The third kappa shape index (κ3) is 3.86. The number of nitrogens with two attached hydrogens (primary N) is 1. The Balaban J connectivity index is 1.70. The van der Waals surface area contributed by atoms with E-state index in [4.69, 9.17) is 10.2 Å². The molecule has 1 heterocycles. The second kappa shape index (κ2) is 6.22. The summed E-state index contributed by atoms with van der Waals surface area (Å²) in [5.41, 5.74) is 6.14. The van der Waals surface area contributed by atoms with Crippen molar-refractivity contribution in [2.24, 2.45) is 11.7 Å². The van der Waals surface area contributed by atoms with E-state index >= 15 is 0 Å². The van der Waals surface area contributed by atoms with Gasteiger partial charge >= 0.3 is 0 Å². The summed E-state index contributed by atoms with van der Waals surface area (Å²) in [7, 11) is 0. The Hall–Kier alpha value is -0.800. The van der Waals surface area contributed by atoms with E-state index in [1.807, 2.05) is 12.1 Å². The van der Waals surface area contributed by atoms with Crippen LogP contribution in [0.15, 0.2) is 22.8 Å². The molecule has 96 valence electrons. The average molecular weight is 236 g/mol. The first-order chi connectivity index (χ1) is 8.25. The molecule has 17 heavy (non-hydrogen) atoms. The Labute approximate surface area is 104 Å². The largest absolute Gasteiger partial charge is 0.469 e. The van der Waals surface area contributed by atoms with Crippen LogP contribution in [0.25, 0.3) is 0 Å². The second-order valence-electron chi connectivity index (χ2n) is 5.30. The van der Waals surface area contributed by atoms with Crippen molar-refractivity contribution in [3.63, 3.8) is 0 Å². The van der Waals surface area contributed by atoms with Crippen molar-refractivity contribution in [3.05, 3.63) is 24.2 Å². The Morgan fingerprint density at radius 1 is 1.47 bits per heavy atom. The number of hydrogen-bond acceptors (Lipinski definition) is 3. The van der Waals surface area contributed by atoms with Crippen LogP contribution in [0.2, 0.25) is 0 Å². The highest BCUT2D eigenvalue weighted by atomic mass is 16.3. The maximum Gasteiger partial charge on any atom is 0.105 e. The molecule has 2 rings (SSSR count). The van der Waals surface area contributed by atoms with Gasteiger partial charge in [-0.05, 0) is 44.4 Å². The van der Waals surface area contributed by atoms with Gasteiger partial charge in [-0.2, -0.15) is 0 Å². The lowest BCUT2D eigenvalue weighted by Gasteiger charge is -2.29. The number of furan rings is 1. The SMILES string of the molecule is CC(Cc1ccco1)NCC1CCCCC1N. The molecule has 1 aliphatic carbocycles. The molecule has 1 aliphatic rings. The molecule has 3 N–H and O–H groups in total. The number of rotatable bonds is 5. The fourth-order valence-electron chi connectivity index (χ4n) is 2.65. The molecule has 1 aromatic rings. The van der Waals surface area contributed by atoms with Gasteiger partial charge in [-0.15, -0.1) is 0 Å². The topological polar surface area (TPSA) is 51.2 Å². The van der Waals surface area contributed by atoms with Crippen LogP contribution in [-0.2, 0) is 6.42 Å². The zero-order chi connectivity index (χ0) is 12.1. The molecular formula is C14H24N2O. The third-order valence-corrected chi connectivity index (χ3v) is 3.78. The quantitative estimate of drug-likeness (QED) is 0.825. The Bertz CT molecular complexity index is 310. The van der Waals surface area contributed by atoms with Crippen LogP contribution in [0.1, 0.15) is 38.4 Å². The van der Waals surface area contributed by atoms with E-state index in [1.54, 1.807) is 6.26 Å². The van der Waals surface area contributed by atoms with E-state index in [0.29, 0.717) is 18.0 Å². The van der Waals surface area contributed by atoms with Crippen molar-refractivity contribution in [1.82, 2.24) is 5.32 Å². The minimum absolute atomic E-state index is 0.395. The lowest BCUT2D eigenvalue weighted by Crippen LogP contribution is -2.42. The standard InChI is InChI=1S/C14H24N2O/c1-11(9-13-6-4-8-17-13)16-10-12-5-2-3-7-14(12)15/h4,6,8,11-12,14,16H,2-3,5,7,9-10,15H2,1H3. The lowest BCUT2D eigenvalue weighted by molar-refractivity contribution is 0.286. The van der Waals surface area contributed by atoms with Crippen LogP contribution in [0, 0.1) is 5.92 Å². The van der Waals surface area contributed by atoms with Crippen molar-refractivity contribution >= 4 is 0 Å². The molecule has 0 bridgehead atoms. The first-order valence-corrected chi connectivity index (χ1v) is 6.77. The summed E-state index contributed by atoms with van der Waals surface area (Å²) in [5.74, 6) is 1.71. The van der Waals surface area contributed by atoms with E-state index in [-0.39, 0.29) is 0 Å². The van der Waals surface area contributed by atoms with Gasteiger partial charge in [0.15, 0.2) is 0 Å². The van der Waals surface area contributed by atoms with Crippen LogP contribution in [-0.4, -0.2) is 18.6 Å². The van der Waals surface area contributed by atoms with Crippen molar-refractivity contribution in [3.8, 4) is 0 Å². The fourth-order valence-corrected chi connectivity index (χ4v) is 2.65. The molecule has 0 amide bonds. The van der Waals surface area contributed by atoms with Crippen LogP contribution in [0.5, 0.6) is 0 Å². The van der Waals surface area contributed by atoms with E-state index in [0.717, 1.165) is 18.7 Å². The van der Waals surface area contributed by atoms with Crippen LogP contribution >= 0.6 is 0 Å². The van der Waals surface area contributed by atoms with Crippen molar-refractivity contribution in [2.75, 3.05) is 6.54 Å². The molecule has 3 nitrogen and oxygen atoms in total. The van der Waals surface area contributed by atoms with Gasteiger partial charge in [0, 0.05) is 18.5 Å². The molecular weight excluding hydrogens is 212 g/mol. The molecule has 1 saturated carbocycles. The van der Waals surface area contributed by atoms with Gasteiger partial charge < -0.3 is 15.5 Å². The molecule has 3 heteroatoms. The molecule has 3 atom stereocenters. The van der Waals surface area contributed by atoms with Crippen molar-refractivity contribution in [1.29, 1.82) is 0 Å². The van der Waals surface area contributed by atoms with Gasteiger partial charge in [0.25, 0.3) is 0 Å². The second-order valence-corrected chi connectivity index (χ2v) is 5.30. The van der Waals surface area contributed by atoms with E-state index in [2.05, 4.69) is 12.2 Å². The van der Waals surface area contributed by atoms with Crippen molar-refractivity contribution in [2.45, 2.75) is 51.1 Å². The molecule has 0 spiro atoms. The van der Waals surface area contributed by atoms with Crippen molar-refractivity contribution < 1.29 is 4.42 Å². The highest BCUT2D eigenvalue weighted by Gasteiger charge is 2.21. The van der Waals surface area contributed by atoms with Gasteiger partial charge in [-0.25, -0.2) is 0 Å². The van der Waals surface area contributed by atoms with Crippen LogP contribution in [0.4, 0.5) is 0 Å². The predicted octanol–water partition coefficient (Wildman–Crippen LogP) is 2.32. The van der Waals surface area contributed by atoms with Gasteiger partial charge in [0.2, 0.25) is 0 Å². The smallest absolute Gasteiger partial charge is 0.105 e. The average Bonchev–Trinajstić information content (AvgIpc) is 2.81. The van der Waals surface area contributed by atoms with Gasteiger partial charge in [-0.1, -0.05) is 12.8 Å². The Morgan fingerprint density at radius 3 is 3.00 bits per heavy atom. The number of nitrogens with one attached hydrogen (secondary N) is 1. The minimum Gasteiger partial charge on any atom is -0.469 e. The summed E-state index contributed by atoms with van der Waals surface area (Å²) in [5, 5.41) is 3.58. The Morgan fingerprint density at radius 2 is 2.29 bits per heavy atom. The van der Waals surface area contributed by atoms with Gasteiger partial charge in [-0.3, -0.25) is 0 Å². The predicted molar refractivity (Wildman–Crippen MR) is 69.8 cm³/mol. The van der Waals surface area contributed by atoms with Crippen LogP contribution < -0.4 is 11.1 Å². The number of hydrogen-bond donors (Lipinski definition) is 2. The maximum atomic E-state index is 6.14. The van der Waals surface area contributed by atoms with E-state index in [1.165, 1.54) is 25.7 Å². The monoisotopic (exact) mass is 236 g/mol. The molecule has 0 radical (unpaired) electrons. The minimum atomic E-state index is 0.395. The summed E-state index contributed by atoms with van der Waals surface area (Å²) in [6.45, 7) is 3.25. The van der Waals surface area contributed by atoms with Crippen LogP contribution in [0.3, 0.4) is 0 Å². The van der Waals surface area contributed by atoms with Gasteiger partial charge in [0.05, 0.1) is 6.26 Å². The summed E-state index contributed by atoms with van der Waals surface area (Å²) >= 11 is 0. The molecule has 0 aromatic carbocycles. The maximum absolute atomic E-state index is 6.14. The molecule has 3 unspecified atom stereocenters. The third-order valence-electron chi connectivity index (χ3n) is 3.78.